The molecule has 0 fully saturated rings. The molecule has 0 aliphatic carbocycles. The van der Waals surface area contributed by atoms with E-state index in [9.17, 15) is 13.5 Å². The van der Waals surface area contributed by atoms with Gasteiger partial charge in [0.2, 0.25) is 10.0 Å². The Labute approximate surface area is 183 Å². The zero-order valence-corrected chi connectivity index (χ0v) is 18.7. The molecule has 0 aliphatic heterocycles. The van der Waals surface area contributed by atoms with E-state index in [-0.39, 0.29) is 24.6 Å². The lowest BCUT2D eigenvalue weighted by Gasteiger charge is -2.23. The summed E-state index contributed by atoms with van der Waals surface area (Å²) in [4.78, 5) is 0.198. The number of aryl methyl sites for hydroxylation is 1. The summed E-state index contributed by atoms with van der Waals surface area (Å²) in [7, 11) is -0.605. The monoisotopic (exact) mass is 441 g/mol. The Bertz CT molecular complexity index is 1060. The molecule has 0 saturated heterocycles. The van der Waals surface area contributed by atoms with Gasteiger partial charge in [-0.05, 0) is 65.6 Å². The van der Waals surface area contributed by atoms with Crippen LogP contribution in [0.5, 0.6) is 11.5 Å². The van der Waals surface area contributed by atoms with E-state index in [1.54, 1.807) is 39.3 Å². The number of hydrogen-bond acceptors (Lipinski definition) is 5. The smallest absolute Gasteiger partial charge is 0.243 e. The van der Waals surface area contributed by atoms with Crippen molar-refractivity contribution in [2.24, 2.45) is 0 Å². The fourth-order valence-electron chi connectivity index (χ4n) is 3.25. The van der Waals surface area contributed by atoms with Gasteiger partial charge >= 0.3 is 0 Å². The molecule has 0 amide bonds. The van der Waals surface area contributed by atoms with Gasteiger partial charge in [0, 0.05) is 13.1 Å². The van der Waals surface area contributed by atoms with Gasteiger partial charge in [-0.25, -0.2) is 8.42 Å². The first-order valence-corrected chi connectivity index (χ1v) is 11.3. The molecule has 0 heterocycles. The van der Waals surface area contributed by atoms with Crippen LogP contribution in [0, 0.1) is 6.92 Å². The van der Waals surface area contributed by atoms with Crippen LogP contribution in [0.3, 0.4) is 0 Å². The van der Waals surface area contributed by atoms with Crippen molar-refractivity contribution >= 4 is 10.0 Å². The Morgan fingerprint density at radius 2 is 1.29 bits per heavy atom. The minimum absolute atomic E-state index is 0.131. The van der Waals surface area contributed by atoms with Crippen molar-refractivity contribution in [1.82, 2.24) is 4.31 Å². The molecule has 0 atom stereocenters. The summed E-state index contributed by atoms with van der Waals surface area (Å²) in [6.07, 6.45) is 0. The average Bonchev–Trinajstić information content (AvgIpc) is 2.79. The van der Waals surface area contributed by atoms with E-state index >= 15 is 0 Å². The van der Waals surface area contributed by atoms with Gasteiger partial charge in [0.25, 0.3) is 0 Å². The molecule has 0 aliphatic rings. The molecule has 3 rings (SSSR count). The third-order valence-electron chi connectivity index (χ3n) is 5.16. The number of aliphatic hydroxyl groups is 1. The normalized spacial score (nSPS) is 11.5. The lowest BCUT2D eigenvalue weighted by Crippen LogP contribution is -2.30. The van der Waals surface area contributed by atoms with Gasteiger partial charge in [-0.2, -0.15) is 4.31 Å². The standard InChI is InChI=1S/C24H27NO5S/c1-18-14-24(13-8-21(18)17-26)31(27,28)25(15-19-4-9-22(29-2)10-5-19)16-20-6-11-23(30-3)12-7-20/h4-14,26H,15-17H2,1-3H3. The highest BCUT2D eigenvalue weighted by atomic mass is 32.2. The summed E-state index contributed by atoms with van der Waals surface area (Å²) in [6, 6.07) is 19.5. The van der Waals surface area contributed by atoms with E-state index in [1.807, 2.05) is 48.5 Å². The van der Waals surface area contributed by atoms with Gasteiger partial charge in [-0.1, -0.05) is 30.3 Å². The Morgan fingerprint density at radius 1 is 0.806 bits per heavy atom. The van der Waals surface area contributed by atoms with Crippen LogP contribution in [0.2, 0.25) is 0 Å². The SMILES string of the molecule is COc1ccc(CN(Cc2ccc(OC)cc2)S(=O)(=O)c2ccc(CO)c(C)c2)cc1. The van der Waals surface area contributed by atoms with E-state index in [2.05, 4.69) is 0 Å². The maximum absolute atomic E-state index is 13.6. The second kappa shape index (κ2) is 9.96. The quantitative estimate of drug-likeness (QED) is 0.545. The van der Waals surface area contributed by atoms with E-state index in [0.717, 1.165) is 16.7 Å². The van der Waals surface area contributed by atoms with E-state index in [0.29, 0.717) is 17.1 Å². The molecule has 0 radical (unpaired) electrons. The summed E-state index contributed by atoms with van der Waals surface area (Å²) >= 11 is 0. The first-order chi connectivity index (χ1) is 14.9. The molecule has 6 nitrogen and oxygen atoms in total. The Balaban J connectivity index is 1.96. The molecular formula is C24H27NO5S. The first kappa shape index (κ1) is 22.8. The highest BCUT2D eigenvalue weighted by Gasteiger charge is 2.25. The number of benzene rings is 3. The molecule has 0 saturated carbocycles. The van der Waals surface area contributed by atoms with Crippen molar-refractivity contribution < 1.29 is 23.0 Å². The lowest BCUT2D eigenvalue weighted by atomic mass is 10.1. The largest absolute Gasteiger partial charge is 0.497 e. The summed E-state index contributed by atoms with van der Waals surface area (Å²) in [5.41, 5.74) is 3.14. The molecule has 0 aromatic heterocycles. The molecule has 31 heavy (non-hydrogen) atoms. The van der Waals surface area contributed by atoms with Gasteiger partial charge in [-0.15, -0.1) is 0 Å². The Hall–Kier alpha value is -2.87. The van der Waals surface area contributed by atoms with Gasteiger partial charge in [-0.3, -0.25) is 0 Å². The maximum atomic E-state index is 13.6. The maximum Gasteiger partial charge on any atom is 0.243 e. The van der Waals surface area contributed by atoms with Crippen molar-refractivity contribution in [3.63, 3.8) is 0 Å². The molecular weight excluding hydrogens is 414 g/mol. The summed E-state index contributed by atoms with van der Waals surface area (Å²) in [5.74, 6) is 1.42. The van der Waals surface area contributed by atoms with Gasteiger partial charge in [0.05, 0.1) is 25.7 Å². The van der Waals surface area contributed by atoms with Crippen molar-refractivity contribution in [1.29, 1.82) is 0 Å². The fraction of sp³-hybridized carbons (Fsp3) is 0.250. The molecule has 1 N–H and O–H groups in total. The van der Waals surface area contributed by atoms with Gasteiger partial charge in [0.1, 0.15) is 11.5 Å². The molecule has 3 aromatic carbocycles. The molecule has 7 heteroatoms. The second-order valence-corrected chi connectivity index (χ2v) is 9.15. The van der Waals surface area contributed by atoms with Crippen molar-refractivity contribution in [3.05, 3.63) is 89.0 Å². The van der Waals surface area contributed by atoms with Crippen LogP contribution in [-0.2, 0) is 29.7 Å². The van der Waals surface area contributed by atoms with Crippen LogP contribution in [0.4, 0.5) is 0 Å². The van der Waals surface area contributed by atoms with Crippen LogP contribution in [-0.4, -0.2) is 32.0 Å². The lowest BCUT2D eigenvalue weighted by molar-refractivity contribution is 0.281. The topological polar surface area (TPSA) is 76.1 Å². The summed E-state index contributed by atoms with van der Waals surface area (Å²) in [6.45, 7) is 2.08. The third-order valence-corrected chi connectivity index (χ3v) is 6.95. The van der Waals surface area contributed by atoms with Crippen molar-refractivity contribution in [2.75, 3.05) is 14.2 Å². The molecule has 0 unspecified atom stereocenters. The number of nitrogens with zero attached hydrogens (tertiary/aromatic N) is 1. The predicted octanol–water partition coefficient (Wildman–Crippen LogP) is 3.90. The molecule has 0 bridgehead atoms. The number of methoxy groups -OCH3 is 2. The summed E-state index contributed by atoms with van der Waals surface area (Å²) in [5, 5.41) is 9.42. The number of aliphatic hydroxyl groups excluding tert-OH is 1. The van der Waals surface area contributed by atoms with Crippen LogP contribution in [0.25, 0.3) is 0 Å². The van der Waals surface area contributed by atoms with Crippen molar-refractivity contribution in [3.8, 4) is 11.5 Å². The van der Waals surface area contributed by atoms with Crippen LogP contribution in [0.1, 0.15) is 22.3 Å². The van der Waals surface area contributed by atoms with Crippen molar-refractivity contribution in [2.45, 2.75) is 31.5 Å². The zero-order valence-electron chi connectivity index (χ0n) is 17.9. The number of hydrogen-bond donors (Lipinski definition) is 1. The molecule has 3 aromatic rings. The van der Waals surface area contributed by atoms with E-state index in [1.165, 1.54) is 4.31 Å². The Kier molecular flexibility index (Phi) is 7.33. The van der Waals surface area contributed by atoms with Gasteiger partial charge in [0.15, 0.2) is 0 Å². The second-order valence-electron chi connectivity index (χ2n) is 7.22. The fourth-order valence-corrected chi connectivity index (χ4v) is 4.75. The Morgan fingerprint density at radius 3 is 1.68 bits per heavy atom. The zero-order chi connectivity index (χ0) is 22.4. The highest BCUT2D eigenvalue weighted by molar-refractivity contribution is 7.89. The highest BCUT2D eigenvalue weighted by Crippen LogP contribution is 2.25. The number of sulfonamides is 1. The third kappa shape index (κ3) is 5.44. The summed E-state index contributed by atoms with van der Waals surface area (Å²) < 4.78 is 39.0. The minimum Gasteiger partial charge on any atom is -0.497 e. The van der Waals surface area contributed by atoms with Crippen LogP contribution in [0.15, 0.2) is 71.6 Å². The minimum atomic E-state index is -3.79. The van der Waals surface area contributed by atoms with Crippen LogP contribution >= 0.6 is 0 Å². The van der Waals surface area contributed by atoms with E-state index < -0.39 is 10.0 Å². The number of rotatable bonds is 9. The predicted molar refractivity (Wildman–Crippen MR) is 120 cm³/mol. The average molecular weight is 442 g/mol. The first-order valence-electron chi connectivity index (χ1n) is 9.83. The molecule has 0 spiro atoms. The van der Waals surface area contributed by atoms with Crippen LogP contribution < -0.4 is 9.47 Å². The number of ether oxygens (including phenoxy) is 2. The molecule has 164 valence electrons. The van der Waals surface area contributed by atoms with E-state index in [4.69, 9.17) is 9.47 Å². The van der Waals surface area contributed by atoms with Gasteiger partial charge < -0.3 is 14.6 Å².